The zero-order valence-corrected chi connectivity index (χ0v) is 20.6. The van der Waals surface area contributed by atoms with Gasteiger partial charge in [0, 0.05) is 24.2 Å². The molecule has 2 aromatic heterocycles. The number of amides is 1. The molecule has 1 aliphatic heterocycles. The van der Waals surface area contributed by atoms with Gasteiger partial charge in [-0.05, 0) is 52.0 Å². The maximum atomic E-state index is 13.9. The molecule has 1 aromatic carbocycles. The van der Waals surface area contributed by atoms with Crippen molar-refractivity contribution >= 4 is 22.6 Å². The summed E-state index contributed by atoms with van der Waals surface area (Å²) < 4.78 is 47.3. The number of carbonyl (C=O) groups excluding carboxylic acids is 1. The third kappa shape index (κ3) is 5.41. The maximum Gasteiger partial charge on any atom is 0.433 e. The monoisotopic (exact) mass is 514 g/mol. The number of aromatic nitrogens is 3. The van der Waals surface area contributed by atoms with Crippen molar-refractivity contribution in [3.63, 3.8) is 0 Å². The Bertz CT molecular complexity index is 1450. The Morgan fingerprint density at radius 1 is 1.24 bits per heavy atom. The van der Waals surface area contributed by atoms with Crippen LogP contribution in [0.25, 0.3) is 11.0 Å². The number of anilines is 1. The van der Waals surface area contributed by atoms with Crippen molar-refractivity contribution in [2.75, 3.05) is 18.4 Å². The highest BCUT2D eigenvalue weighted by Crippen LogP contribution is 2.36. The van der Waals surface area contributed by atoms with Crippen molar-refractivity contribution < 1.29 is 22.7 Å². The Labute approximate surface area is 210 Å². The molecule has 194 valence electrons. The van der Waals surface area contributed by atoms with E-state index in [-0.39, 0.29) is 57.4 Å². The lowest BCUT2D eigenvalue weighted by Crippen LogP contribution is -2.48. The lowest BCUT2D eigenvalue weighted by atomic mass is 10.0. The van der Waals surface area contributed by atoms with Crippen LogP contribution in [0.5, 0.6) is 0 Å². The molecule has 1 unspecified atom stereocenters. The number of ether oxygens (including phenoxy) is 1. The van der Waals surface area contributed by atoms with Crippen molar-refractivity contribution in [1.82, 2.24) is 19.9 Å². The van der Waals surface area contributed by atoms with E-state index in [4.69, 9.17) is 4.74 Å². The van der Waals surface area contributed by atoms with E-state index in [1.165, 1.54) is 32.0 Å². The third-order valence-electron chi connectivity index (χ3n) is 6.05. The van der Waals surface area contributed by atoms with Crippen LogP contribution in [0.3, 0.4) is 0 Å². The lowest BCUT2D eigenvalue weighted by Gasteiger charge is -2.35. The van der Waals surface area contributed by atoms with Gasteiger partial charge in [0.15, 0.2) is 11.3 Å². The van der Waals surface area contributed by atoms with E-state index in [9.17, 15) is 28.0 Å². The largest absolute Gasteiger partial charge is 0.433 e. The number of morpholine rings is 1. The lowest BCUT2D eigenvalue weighted by molar-refractivity contribution is -0.141. The van der Waals surface area contributed by atoms with Crippen LogP contribution < -0.4 is 10.9 Å². The molecule has 1 aliphatic rings. The molecular formula is C25H25F3N6O3. The van der Waals surface area contributed by atoms with Crippen LogP contribution in [-0.4, -0.2) is 51.1 Å². The normalized spacial score (nSPS) is 18.9. The number of benzene rings is 1. The smallest absolute Gasteiger partial charge is 0.377 e. The number of aromatic amines is 1. The Kier molecular flexibility index (Phi) is 6.92. The minimum Gasteiger partial charge on any atom is -0.377 e. The zero-order chi connectivity index (χ0) is 27.1. The maximum absolute atomic E-state index is 13.9. The van der Waals surface area contributed by atoms with Gasteiger partial charge in [-0.2, -0.15) is 18.4 Å². The van der Waals surface area contributed by atoms with Crippen LogP contribution in [0.15, 0.2) is 29.1 Å². The number of aryl methyl sites for hydroxylation is 1. The van der Waals surface area contributed by atoms with E-state index in [0.717, 1.165) is 6.07 Å². The number of H-pyrrole nitrogens is 1. The van der Waals surface area contributed by atoms with Gasteiger partial charge in [-0.1, -0.05) is 0 Å². The summed E-state index contributed by atoms with van der Waals surface area (Å²) in [6, 6.07) is 6.52. The van der Waals surface area contributed by atoms with E-state index < -0.39 is 23.5 Å². The molecule has 0 radical (unpaired) electrons. The number of carbonyl (C=O) groups is 1. The topological polar surface area (TPSA) is 124 Å². The van der Waals surface area contributed by atoms with Gasteiger partial charge in [0.05, 0.1) is 34.9 Å². The fraction of sp³-hybridized carbons (Fsp3) is 0.400. The molecule has 3 aromatic rings. The van der Waals surface area contributed by atoms with Crippen molar-refractivity contribution in [2.45, 2.75) is 52.1 Å². The van der Waals surface area contributed by atoms with E-state index in [2.05, 4.69) is 20.3 Å². The predicted molar refractivity (Wildman–Crippen MR) is 129 cm³/mol. The van der Waals surface area contributed by atoms with Crippen LogP contribution in [0.1, 0.15) is 59.8 Å². The van der Waals surface area contributed by atoms with E-state index in [0.29, 0.717) is 13.1 Å². The quantitative estimate of drug-likeness (QED) is 0.541. The number of halogens is 3. The summed E-state index contributed by atoms with van der Waals surface area (Å²) in [5.41, 5.74) is -1.77. The summed E-state index contributed by atoms with van der Waals surface area (Å²) in [7, 11) is 0. The van der Waals surface area contributed by atoms with E-state index >= 15 is 0 Å². The van der Waals surface area contributed by atoms with Crippen molar-refractivity contribution in [2.24, 2.45) is 0 Å². The molecule has 1 amide bonds. The summed E-state index contributed by atoms with van der Waals surface area (Å²) >= 11 is 0. The van der Waals surface area contributed by atoms with E-state index in [1.807, 2.05) is 19.9 Å². The van der Waals surface area contributed by atoms with Crippen LogP contribution in [0.4, 0.5) is 18.9 Å². The number of rotatable bonds is 4. The number of alkyl halides is 3. The fourth-order valence-corrected chi connectivity index (χ4v) is 4.48. The van der Waals surface area contributed by atoms with E-state index in [1.54, 1.807) is 4.90 Å². The van der Waals surface area contributed by atoms with Gasteiger partial charge < -0.3 is 19.9 Å². The number of fused-ring (bicyclic) bond motifs is 1. The second-order valence-corrected chi connectivity index (χ2v) is 9.15. The first-order valence-electron chi connectivity index (χ1n) is 11.6. The molecule has 0 aliphatic carbocycles. The minimum atomic E-state index is -4.81. The number of hydrogen-bond acceptors (Lipinski definition) is 7. The predicted octanol–water partition coefficient (Wildman–Crippen LogP) is 3.94. The number of pyridine rings is 1. The van der Waals surface area contributed by atoms with Crippen LogP contribution in [0, 0.1) is 18.3 Å². The van der Waals surface area contributed by atoms with Crippen LogP contribution in [-0.2, 0) is 10.9 Å². The molecule has 9 nitrogen and oxygen atoms in total. The molecule has 0 spiro atoms. The van der Waals surface area contributed by atoms with Crippen LogP contribution >= 0.6 is 0 Å². The zero-order valence-electron chi connectivity index (χ0n) is 20.6. The second-order valence-electron chi connectivity index (χ2n) is 9.15. The Morgan fingerprint density at radius 3 is 2.54 bits per heavy atom. The van der Waals surface area contributed by atoms with Gasteiger partial charge in [-0.25, -0.2) is 9.97 Å². The third-order valence-corrected chi connectivity index (χ3v) is 6.05. The standard InChI is InChI=1S/C25H25F3N6O3/c1-12-10-34(11-13(2)37-12)24(36)16-5-6-20(17(7-16)9-29)30-14(3)18-8-19-22(31-15(4)32-23(19)35)33-21(18)25(26,27)28/h5-8,12-14,30H,10-11H2,1-4H3,(H,31,32,33,35)/t12-,13+,14?. The number of nitrogens with one attached hydrogen (secondary N) is 2. The molecular weight excluding hydrogens is 489 g/mol. The summed E-state index contributed by atoms with van der Waals surface area (Å²) in [5, 5.41) is 12.5. The van der Waals surface area contributed by atoms with Gasteiger partial charge in [0.2, 0.25) is 0 Å². The van der Waals surface area contributed by atoms with Crippen molar-refractivity contribution in [3.8, 4) is 6.07 Å². The average molecular weight is 515 g/mol. The second kappa shape index (κ2) is 9.82. The van der Waals surface area contributed by atoms with Crippen molar-refractivity contribution in [1.29, 1.82) is 5.26 Å². The first-order valence-corrected chi connectivity index (χ1v) is 11.6. The molecule has 3 atom stereocenters. The number of nitriles is 1. The molecule has 12 heteroatoms. The van der Waals surface area contributed by atoms with Gasteiger partial charge in [-0.3, -0.25) is 9.59 Å². The first kappa shape index (κ1) is 26.1. The molecule has 4 rings (SSSR count). The Balaban J connectivity index is 1.67. The minimum absolute atomic E-state index is 0.0855. The fourth-order valence-electron chi connectivity index (χ4n) is 4.48. The Morgan fingerprint density at radius 2 is 1.92 bits per heavy atom. The highest BCUT2D eigenvalue weighted by Gasteiger charge is 2.37. The van der Waals surface area contributed by atoms with Gasteiger partial charge in [0.1, 0.15) is 11.9 Å². The molecule has 1 saturated heterocycles. The van der Waals surface area contributed by atoms with Gasteiger partial charge in [-0.15, -0.1) is 0 Å². The van der Waals surface area contributed by atoms with Crippen LogP contribution in [0.2, 0.25) is 0 Å². The molecule has 1 fully saturated rings. The SMILES string of the molecule is Cc1nc2nc(C(F)(F)F)c(C(C)Nc3ccc(C(=O)N4C[C@@H](C)O[C@@H](C)C4)cc3C#N)cc2c(=O)[nH]1. The Hall–Kier alpha value is -3.98. The highest BCUT2D eigenvalue weighted by molar-refractivity contribution is 5.95. The average Bonchev–Trinajstić information content (AvgIpc) is 2.81. The van der Waals surface area contributed by atoms with Gasteiger partial charge >= 0.3 is 6.18 Å². The molecule has 0 bridgehead atoms. The summed E-state index contributed by atoms with van der Waals surface area (Å²) in [6.07, 6.45) is -5.07. The summed E-state index contributed by atoms with van der Waals surface area (Å²) in [6.45, 7) is 7.46. The van der Waals surface area contributed by atoms with Crippen molar-refractivity contribution in [3.05, 3.63) is 62.8 Å². The molecule has 0 saturated carbocycles. The molecule has 2 N–H and O–H groups in total. The molecule has 37 heavy (non-hydrogen) atoms. The number of hydrogen-bond donors (Lipinski definition) is 2. The van der Waals surface area contributed by atoms with Gasteiger partial charge in [0.25, 0.3) is 11.5 Å². The molecule has 3 heterocycles. The summed E-state index contributed by atoms with van der Waals surface area (Å²) in [4.78, 5) is 37.0. The highest BCUT2D eigenvalue weighted by atomic mass is 19.4. The number of nitrogens with zero attached hydrogens (tertiary/aromatic N) is 4. The first-order chi connectivity index (χ1) is 17.4. The summed E-state index contributed by atoms with van der Waals surface area (Å²) in [5.74, 6) is -0.121.